The van der Waals surface area contributed by atoms with Gasteiger partial charge in [-0.2, -0.15) is 0 Å². The van der Waals surface area contributed by atoms with E-state index in [9.17, 15) is 18.0 Å². The van der Waals surface area contributed by atoms with Crippen LogP contribution in [0.15, 0.2) is 59.6 Å². The Bertz CT molecular complexity index is 1290. The van der Waals surface area contributed by atoms with Crippen LogP contribution in [-0.2, 0) is 36.5 Å². The fraction of sp³-hybridized carbons (Fsp3) is 0.360. The average molecular weight is 469 g/mol. The number of rotatable bonds is 6. The smallest absolute Gasteiger partial charge is 0.308 e. The minimum atomic E-state index is -3.62. The Morgan fingerprint density at radius 3 is 2.39 bits per heavy atom. The zero-order chi connectivity index (χ0) is 23.6. The number of ether oxygens (including phenoxy) is 1. The molecule has 7 nitrogen and oxygen atoms in total. The summed E-state index contributed by atoms with van der Waals surface area (Å²) in [7, 11) is -2.24. The summed E-state index contributed by atoms with van der Waals surface area (Å²) in [4.78, 5) is 26.7. The van der Waals surface area contributed by atoms with Crippen LogP contribution >= 0.6 is 0 Å². The number of sulfone groups is 1. The van der Waals surface area contributed by atoms with Crippen LogP contribution in [0.25, 0.3) is 10.9 Å². The van der Waals surface area contributed by atoms with Crippen LogP contribution in [0.3, 0.4) is 0 Å². The molecule has 0 spiro atoms. The number of carbonyl (C=O) groups excluding carboxylic acids is 2. The van der Waals surface area contributed by atoms with Crippen molar-refractivity contribution in [2.75, 3.05) is 20.2 Å². The number of likely N-dealkylation sites (tertiary alicyclic amines) is 1. The molecule has 2 aromatic carbocycles. The second kappa shape index (κ2) is 9.39. The molecule has 0 N–H and O–H groups in total. The SMILES string of the molecule is COC(=O)C1CCN(C(=O)Cn2cc(S(=O)(=O)Cc3ccccc3C)c3ccccc32)CC1. The van der Waals surface area contributed by atoms with Crippen molar-refractivity contribution >= 4 is 32.6 Å². The van der Waals surface area contributed by atoms with Crippen LogP contribution in [0.1, 0.15) is 24.0 Å². The van der Waals surface area contributed by atoms with E-state index in [4.69, 9.17) is 4.74 Å². The quantitative estimate of drug-likeness (QED) is 0.518. The molecule has 1 aliphatic rings. The molecule has 1 saturated heterocycles. The van der Waals surface area contributed by atoms with Crippen molar-refractivity contribution in [2.24, 2.45) is 5.92 Å². The van der Waals surface area contributed by atoms with Gasteiger partial charge in [0.1, 0.15) is 6.54 Å². The molecular weight excluding hydrogens is 440 g/mol. The van der Waals surface area contributed by atoms with E-state index in [0.29, 0.717) is 36.8 Å². The van der Waals surface area contributed by atoms with Crippen molar-refractivity contribution < 1.29 is 22.7 Å². The highest BCUT2D eigenvalue weighted by molar-refractivity contribution is 7.90. The van der Waals surface area contributed by atoms with Crippen LogP contribution in [-0.4, -0.2) is 50.0 Å². The number of esters is 1. The highest BCUT2D eigenvalue weighted by atomic mass is 32.2. The number of hydrogen-bond acceptors (Lipinski definition) is 5. The molecule has 4 rings (SSSR count). The molecule has 1 aliphatic heterocycles. The number of amides is 1. The highest BCUT2D eigenvalue weighted by Gasteiger charge is 2.29. The molecule has 1 aromatic heterocycles. The van der Waals surface area contributed by atoms with Crippen molar-refractivity contribution in [2.45, 2.75) is 37.0 Å². The first-order valence-electron chi connectivity index (χ1n) is 11.0. The van der Waals surface area contributed by atoms with Gasteiger partial charge in [-0.3, -0.25) is 9.59 Å². The molecule has 0 unspecified atom stereocenters. The summed E-state index contributed by atoms with van der Waals surface area (Å²) in [6.45, 7) is 2.91. The molecule has 1 amide bonds. The Morgan fingerprint density at radius 1 is 1.03 bits per heavy atom. The van der Waals surface area contributed by atoms with Gasteiger partial charge in [0.05, 0.1) is 23.7 Å². The summed E-state index contributed by atoms with van der Waals surface area (Å²) >= 11 is 0. The standard InChI is InChI=1S/C25H28N2O5S/c1-18-7-3-4-8-20(18)17-33(30,31)23-15-27(22-10-6-5-9-21(22)23)16-24(28)26-13-11-19(12-14-26)25(29)32-2/h3-10,15,19H,11-14,16-17H2,1-2H3. The third-order valence-electron chi connectivity index (χ3n) is 6.38. The summed E-state index contributed by atoms with van der Waals surface area (Å²) in [6, 6.07) is 14.7. The van der Waals surface area contributed by atoms with E-state index in [-0.39, 0.29) is 35.0 Å². The molecule has 0 bridgehead atoms. The molecule has 1 fully saturated rings. The number of aromatic nitrogens is 1. The molecule has 0 radical (unpaired) electrons. The number of para-hydroxylation sites is 1. The second-order valence-corrected chi connectivity index (χ2v) is 10.5. The first-order valence-corrected chi connectivity index (χ1v) is 12.7. The Kier molecular flexibility index (Phi) is 6.56. The van der Waals surface area contributed by atoms with Crippen LogP contribution in [0, 0.1) is 12.8 Å². The first kappa shape index (κ1) is 23.0. The number of aryl methyl sites for hydroxylation is 1. The molecule has 0 saturated carbocycles. The van der Waals surface area contributed by atoms with Crippen molar-refractivity contribution in [3.05, 3.63) is 65.9 Å². The van der Waals surface area contributed by atoms with E-state index in [2.05, 4.69) is 0 Å². The number of hydrogen-bond donors (Lipinski definition) is 0. The van der Waals surface area contributed by atoms with Crippen LogP contribution in [0.5, 0.6) is 0 Å². The van der Waals surface area contributed by atoms with Gasteiger partial charge in [0.2, 0.25) is 5.91 Å². The second-order valence-electron chi connectivity index (χ2n) is 8.50. The average Bonchev–Trinajstić information content (AvgIpc) is 3.19. The maximum atomic E-state index is 13.3. The molecule has 2 heterocycles. The Labute approximate surface area is 193 Å². The third kappa shape index (κ3) is 4.80. The lowest BCUT2D eigenvalue weighted by Gasteiger charge is -2.30. The van der Waals surface area contributed by atoms with Gasteiger partial charge >= 0.3 is 5.97 Å². The predicted octanol–water partition coefficient (Wildman–Crippen LogP) is 3.34. The van der Waals surface area contributed by atoms with Crippen molar-refractivity contribution in [1.29, 1.82) is 0 Å². The molecule has 8 heteroatoms. The van der Waals surface area contributed by atoms with E-state index in [1.165, 1.54) is 7.11 Å². The molecule has 3 aromatic rings. The maximum absolute atomic E-state index is 13.3. The van der Waals surface area contributed by atoms with Crippen LogP contribution in [0.4, 0.5) is 0 Å². The van der Waals surface area contributed by atoms with Gasteiger partial charge in [-0.1, -0.05) is 42.5 Å². The van der Waals surface area contributed by atoms with Gasteiger partial charge in [-0.25, -0.2) is 8.42 Å². The lowest BCUT2D eigenvalue weighted by Crippen LogP contribution is -2.41. The fourth-order valence-corrected chi connectivity index (χ4v) is 6.11. The number of carbonyl (C=O) groups is 2. The lowest BCUT2D eigenvalue weighted by atomic mass is 9.97. The summed E-state index contributed by atoms with van der Waals surface area (Å²) in [6.07, 6.45) is 2.72. The number of benzene rings is 2. The molecular formula is C25H28N2O5S. The van der Waals surface area contributed by atoms with E-state index >= 15 is 0 Å². The molecule has 174 valence electrons. The summed E-state index contributed by atoms with van der Waals surface area (Å²) in [5.74, 6) is -0.601. The third-order valence-corrected chi connectivity index (χ3v) is 8.07. The van der Waals surface area contributed by atoms with E-state index < -0.39 is 9.84 Å². The number of methoxy groups -OCH3 is 1. The maximum Gasteiger partial charge on any atom is 0.308 e. The van der Waals surface area contributed by atoms with Crippen LogP contribution in [0.2, 0.25) is 0 Å². The molecule has 0 atom stereocenters. The van der Waals surface area contributed by atoms with Gasteiger partial charge in [0.25, 0.3) is 0 Å². The number of fused-ring (bicyclic) bond motifs is 1. The normalized spacial score (nSPS) is 15.0. The van der Waals surface area contributed by atoms with Crippen molar-refractivity contribution in [3.8, 4) is 0 Å². The molecule has 33 heavy (non-hydrogen) atoms. The predicted molar refractivity (Wildman–Crippen MR) is 125 cm³/mol. The van der Waals surface area contributed by atoms with Gasteiger partial charge < -0.3 is 14.2 Å². The van der Waals surface area contributed by atoms with Crippen LogP contribution < -0.4 is 0 Å². The Balaban J connectivity index is 1.57. The van der Waals surface area contributed by atoms with E-state index in [1.54, 1.807) is 27.8 Å². The molecule has 0 aliphatic carbocycles. The minimum absolute atomic E-state index is 0.0449. The minimum Gasteiger partial charge on any atom is -0.469 e. The summed E-state index contributed by atoms with van der Waals surface area (Å²) < 4.78 is 33.2. The van der Waals surface area contributed by atoms with Gasteiger partial charge in [0, 0.05) is 30.2 Å². The fourth-order valence-electron chi connectivity index (χ4n) is 4.42. The number of piperidine rings is 1. The zero-order valence-electron chi connectivity index (χ0n) is 18.9. The zero-order valence-corrected chi connectivity index (χ0v) is 19.7. The summed E-state index contributed by atoms with van der Waals surface area (Å²) in [5, 5.41) is 0.614. The van der Waals surface area contributed by atoms with E-state index in [0.717, 1.165) is 11.1 Å². The topological polar surface area (TPSA) is 85.7 Å². The first-order chi connectivity index (χ1) is 15.8. The van der Waals surface area contributed by atoms with Crippen molar-refractivity contribution in [1.82, 2.24) is 9.47 Å². The largest absolute Gasteiger partial charge is 0.469 e. The van der Waals surface area contributed by atoms with E-state index in [1.807, 2.05) is 43.3 Å². The van der Waals surface area contributed by atoms with Gasteiger partial charge in [-0.05, 0) is 37.0 Å². The highest BCUT2D eigenvalue weighted by Crippen LogP contribution is 2.29. The van der Waals surface area contributed by atoms with Gasteiger partial charge in [-0.15, -0.1) is 0 Å². The Morgan fingerprint density at radius 2 is 1.70 bits per heavy atom. The monoisotopic (exact) mass is 468 g/mol. The summed E-state index contributed by atoms with van der Waals surface area (Å²) in [5.41, 5.74) is 2.40. The van der Waals surface area contributed by atoms with Gasteiger partial charge in [0.15, 0.2) is 9.84 Å². The number of nitrogens with zero attached hydrogens (tertiary/aromatic N) is 2. The Hall–Kier alpha value is -3.13. The lowest BCUT2D eigenvalue weighted by molar-refractivity contribution is -0.149. The van der Waals surface area contributed by atoms with Crippen molar-refractivity contribution in [3.63, 3.8) is 0 Å².